The van der Waals surface area contributed by atoms with Crippen LogP contribution in [0.25, 0.3) is 0 Å². The third kappa shape index (κ3) is 19.1. The SMILES string of the molecule is C=CC=O.CC(C)=CCCC(C)=CC=O. The summed E-state index contributed by atoms with van der Waals surface area (Å²) in [7, 11) is 0. The second-order valence-electron chi connectivity index (χ2n) is 3.34. The molecule has 0 aromatic heterocycles. The summed E-state index contributed by atoms with van der Waals surface area (Å²) in [5, 5.41) is 0. The minimum Gasteiger partial charge on any atom is -0.299 e. The Balaban J connectivity index is 0. The summed E-state index contributed by atoms with van der Waals surface area (Å²) in [6.07, 6.45) is 8.52. The van der Waals surface area contributed by atoms with Gasteiger partial charge in [0.15, 0.2) is 0 Å². The van der Waals surface area contributed by atoms with Crippen molar-refractivity contribution < 1.29 is 9.59 Å². The van der Waals surface area contributed by atoms with Gasteiger partial charge < -0.3 is 0 Å². The number of allylic oxidation sites excluding steroid dienone is 5. The number of carbonyl (C=O) groups is 2. The van der Waals surface area contributed by atoms with E-state index in [1.54, 1.807) is 6.08 Å². The summed E-state index contributed by atoms with van der Waals surface area (Å²) in [5.74, 6) is 0. The van der Waals surface area contributed by atoms with Crippen LogP contribution in [-0.4, -0.2) is 12.6 Å². The van der Waals surface area contributed by atoms with E-state index in [4.69, 9.17) is 4.79 Å². The van der Waals surface area contributed by atoms with Crippen LogP contribution in [0.4, 0.5) is 0 Å². The maximum absolute atomic E-state index is 10.0. The Hall–Kier alpha value is -1.44. The van der Waals surface area contributed by atoms with Crippen molar-refractivity contribution in [2.45, 2.75) is 33.6 Å². The quantitative estimate of drug-likeness (QED) is 0.395. The molecule has 2 nitrogen and oxygen atoms in total. The normalized spacial score (nSPS) is 9.40. The van der Waals surface area contributed by atoms with Gasteiger partial charge in [-0.25, -0.2) is 0 Å². The van der Waals surface area contributed by atoms with E-state index < -0.39 is 0 Å². The monoisotopic (exact) mass is 208 g/mol. The lowest BCUT2D eigenvalue weighted by atomic mass is 10.1. The smallest absolute Gasteiger partial charge is 0.142 e. The topological polar surface area (TPSA) is 34.1 Å². The molecule has 0 saturated heterocycles. The highest BCUT2D eigenvalue weighted by molar-refractivity contribution is 5.65. The number of carbonyl (C=O) groups excluding carboxylic acids is 2. The number of aldehydes is 2. The molecule has 0 saturated carbocycles. The van der Waals surface area contributed by atoms with Crippen molar-refractivity contribution in [1.82, 2.24) is 0 Å². The Morgan fingerprint density at radius 3 is 2.00 bits per heavy atom. The van der Waals surface area contributed by atoms with Gasteiger partial charge in [-0.1, -0.05) is 23.8 Å². The van der Waals surface area contributed by atoms with Crippen molar-refractivity contribution in [3.05, 3.63) is 36.0 Å². The van der Waals surface area contributed by atoms with Gasteiger partial charge in [0, 0.05) is 0 Å². The maximum Gasteiger partial charge on any atom is 0.142 e. The van der Waals surface area contributed by atoms with Crippen molar-refractivity contribution in [2.24, 2.45) is 0 Å². The number of hydrogen-bond acceptors (Lipinski definition) is 2. The van der Waals surface area contributed by atoms with E-state index in [1.165, 1.54) is 11.6 Å². The molecule has 15 heavy (non-hydrogen) atoms. The van der Waals surface area contributed by atoms with Crippen LogP contribution in [0.15, 0.2) is 36.0 Å². The van der Waals surface area contributed by atoms with E-state index in [2.05, 4.69) is 26.5 Å². The average Bonchev–Trinajstić information content (AvgIpc) is 2.18. The molecule has 0 aromatic rings. The molecule has 2 heteroatoms. The summed E-state index contributed by atoms with van der Waals surface area (Å²) in [6.45, 7) is 9.25. The van der Waals surface area contributed by atoms with Crippen molar-refractivity contribution in [3.63, 3.8) is 0 Å². The second kappa shape index (κ2) is 12.6. The summed E-state index contributed by atoms with van der Waals surface area (Å²) >= 11 is 0. The molecule has 0 fully saturated rings. The van der Waals surface area contributed by atoms with Crippen LogP contribution in [-0.2, 0) is 9.59 Å². The Kier molecular flexibility index (Phi) is 13.4. The minimum atomic E-state index is 0.639. The molecule has 84 valence electrons. The maximum atomic E-state index is 10.0. The molecule has 0 rings (SSSR count). The highest BCUT2D eigenvalue weighted by atomic mass is 16.1. The molecule has 0 heterocycles. The molecule has 0 aliphatic rings. The summed E-state index contributed by atoms with van der Waals surface area (Å²) in [6, 6.07) is 0. The molecule has 0 aliphatic heterocycles. The third-order valence-electron chi connectivity index (χ3n) is 1.54. The first-order valence-electron chi connectivity index (χ1n) is 4.89. The molecule has 0 bridgehead atoms. The highest BCUT2D eigenvalue weighted by Gasteiger charge is 1.86. The summed E-state index contributed by atoms with van der Waals surface area (Å²) in [5.41, 5.74) is 2.49. The van der Waals surface area contributed by atoms with Crippen LogP contribution in [0.2, 0.25) is 0 Å². The Morgan fingerprint density at radius 1 is 1.13 bits per heavy atom. The number of hydrogen-bond donors (Lipinski definition) is 0. The fraction of sp³-hybridized carbons (Fsp3) is 0.385. The molecule has 0 aliphatic carbocycles. The van der Waals surface area contributed by atoms with Crippen LogP contribution in [0.5, 0.6) is 0 Å². The van der Waals surface area contributed by atoms with Gasteiger partial charge in [-0.05, 0) is 45.8 Å². The predicted octanol–water partition coefficient (Wildman–Crippen LogP) is 3.25. The van der Waals surface area contributed by atoms with Crippen LogP contribution in [0, 0.1) is 0 Å². The zero-order valence-electron chi connectivity index (χ0n) is 9.82. The first kappa shape index (κ1) is 16.0. The largest absolute Gasteiger partial charge is 0.299 e. The van der Waals surface area contributed by atoms with E-state index in [-0.39, 0.29) is 0 Å². The third-order valence-corrected chi connectivity index (χ3v) is 1.54. The summed E-state index contributed by atoms with van der Waals surface area (Å²) < 4.78 is 0. The molecule has 0 radical (unpaired) electrons. The molecular weight excluding hydrogens is 188 g/mol. The number of rotatable bonds is 5. The first-order chi connectivity index (χ1) is 7.08. The Morgan fingerprint density at radius 2 is 1.67 bits per heavy atom. The first-order valence-corrected chi connectivity index (χ1v) is 4.89. The Labute approximate surface area is 92.4 Å². The second-order valence-corrected chi connectivity index (χ2v) is 3.34. The molecule has 0 N–H and O–H groups in total. The Bertz CT molecular complexity index is 237. The highest BCUT2D eigenvalue weighted by Crippen LogP contribution is 2.05. The molecular formula is C13H20O2. The van der Waals surface area contributed by atoms with Crippen molar-refractivity contribution >= 4 is 12.6 Å². The van der Waals surface area contributed by atoms with E-state index in [1.807, 2.05) is 6.92 Å². The van der Waals surface area contributed by atoms with Gasteiger partial charge in [-0.2, -0.15) is 0 Å². The van der Waals surface area contributed by atoms with Gasteiger partial charge in [0.2, 0.25) is 0 Å². The average molecular weight is 208 g/mol. The van der Waals surface area contributed by atoms with E-state index >= 15 is 0 Å². The standard InChI is InChI=1S/C10H16O.C3H4O/c1-9(2)5-4-6-10(3)7-8-11;1-2-3-4/h5,7-8H,4,6H2,1-3H3;2-3H,1H2. The lowest BCUT2D eigenvalue weighted by Crippen LogP contribution is -1.77. The predicted molar refractivity (Wildman–Crippen MR) is 64.7 cm³/mol. The fourth-order valence-corrected chi connectivity index (χ4v) is 0.788. The lowest BCUT2D eigenvalue weighted by molar-refractivity contribution is -0.104. The molecule has 0 unspecified atom stereocenters. The van der Waals surface area contributed by atoms with Gasteiger partial charge in [-0.15, -0.1) is 0 Å². The minimum absolute atomic E-state index is 0.639. The van der Waals surface area contributed by atoms with E-state index in [0.717, 1.165) is 24.7 Å². The lowest BCUT2D eigenvalue weighted by Gasteiger charge is -1.94. The molecule has 0 aromatic carbocycles. The van der Waals surface area contributed by atoms with Crippen molar-refractivity contribution in [1.29, 1.82) is 0 Å². The van der Waals surface area contributed by atoms with Gasteiger partial charge in [0.05, 0.1) is 0 Å². The van der Waals surface area contributed by atoms with Gasteiger partial charge in [-0.3, -0.25) is 9.59 Å². The van der Waals surface area contributed by atoms with Gasteiger partial charge in [0.25, 0.3) is 0 Å². The summed E-state index contributed by atoms with van der Waals surface area (Å²) in [4.78, 5) is 19.1. The van der Waals surface area contributed by atoms with Crippen LogP contribution >= 0.6 is 0 Å². The van der Waals surface area contributed by atoms with Crippen LogP contribution < -0.4 is 0 Å². The van der Waals surface area contributed by atoms with Gasteiger partial charge in [0.1, 0.15) is 12.6 Å². The van der Waals surface area contributed by atoms with Crippen molar-refractivity contribution in [2.75, 3.05) is 0 Å². The molecule has 0 atom stereocenters. The van der Waals surface area contributed by atoms with Crippen molar-refractivity contribution in [3.8, 4) is 0 Å². The van der Waals surface area contributed by atoms with E-state index in [9.17, 15) is 4.79 Å². The zero-order valence-corrected chi connectivity index (χ0v) is 9.82. The fourth-order valence-electron chi connectivity index (χ4n) is 0.788. The molecule has 0 spiro atoms. The van der Waals surface area contributed by atoms with Crippen LogP contribution in [0.1, 0.15) is 33.6 Å². The van der Waals surface area contributed by atoms with Gasteiger partial charge >= 0.3 is 0 Å². The molecule has 0 amide bonds. The zero-order chi connectivity index (χ0) is 12.1. The van der Waals surface area contributed by atoms with Crippen LogP contribution in [0.3, 0.4) is 0 Å². The van der Waals surface area contributed by atoms with E-state index in [0.29, 0.717) is 6.29 Å².